The van der Waals surface area contributed by atoms with E-state index in [0.717, 1.165) is 34.7 Å². The molecule has 0 radical (unpaired) electrons. The van der Waals surface area contributed by atoms with E-state index in [1.54, 1.807) is 6.26 Å². The molecule has 0 amide bonds. The maximum atomic E-state index is 11.0. The molecule has 1 aromatic heterocycles. The standard InChI is InChI=1S/C29H40N2O3/c1-19(2)30-17-20-9-11-23(12-10-20)33-14-13-22-18-34-27(31-22)21-15-24(28(3,4)5)26(32)25(16-21)29(6,7)8/h9-12,15-16,18-19,30,32H,13-14,17H2,1-8H3. The Kier molecular flexibility index (Phi) is 7.77. The van der Waals surface area contributed by atoms with Crippen LogP contribution in [0.1, 0.15) is 77.8 Å². The van der Waals surface area contributed by atoms with E-state index in [9.17, 15) is 5.11 Å². The summed E-state index contributed by atoms with van der Waals surface area (Å²) in [6.45, 7) is 18.3. The Balaban J connectivity index is 1.69. The summed E-state index contributed by atoms with van der Waals surface area (Å²) in [5.74, 6) is 1.77. The lowest BCUT2D eigenvalue weighted by Gasteiger charge is -2.27. The lowest BCUT2D eigenvalue weighted by Crippen LogP contribution is -2.21. The van der Waals surface area contributed by atoms with Crippen LogP contribution in [0.4, 0.5) is 0 Å². The summed E-state index contributed by atoms with van der Waals surface area (Å²) >= 11 is 0. The van der Waals surface area contributed by atoms with Gasteiger partial charge in [-0.2, -0.15) is 0 Å². The number of nitrogens with one attached hydrogen (secondary N) is 1. The van der Waals surface area contributed by atoms with E-state index in [4.69, 9.17) is 14.1 Å². The van der Waals surface area contributed by atoms with Gasteiger partial charge in [0.05, 0.1) is 12.3 Å². The first-order valence-electron chi connectivity index (χ1n) is 12.1. The second kappa shape index (κ2) is 10.2. The summed E-state index contributed by atoms with van der Waals surface area (Å²) in [5.41, 5.74) is 4.34. The van der Waals surface area contributed by atoms with Crippen LogP contribution < -0.4 is 10.1 Å². The van der Waals surface area contributed by atoms with Gasteiger partial charge in [0.2, 0.25) is 5.89 Å². The van der Waals surface area contributed by atoms with Crippen molar-refractivity contribution in [2.75, 3.05) is 6.61 Å². The van der Waals surface area contributed by atoms with Gasteiger partial charge in [-0.25, -0.2) is 4.98 Å². The van der Waals surface area contributed by atoms with E-state index >= 15 is 0 Å². The Labute approximate surface area is 204 Å². The molecule has 0 unspecified atom stereocenters. The third-order valence-electron chi connectivity index (χ3n) is 5.79. The maximum absolute atomic E-state index is 11.0. The summed E-state index contributed by atoms with van der Waals surface area (Å²) in [5, 5.41) is 14.4. The molecule has 0 aliphatic carbocycles. The normalized spacial score (nSPS) is 12.4. The second-order valence-electron chi connectivity index (χ2n) is 11.3. The minimum atomic E-state index is -0.205. The number of rotatable bonds is 8. The van der Waals surface area contributed by atoms with Gasteiger partial charge in [0.15, 0.2) is 0 Å². The fourth-order valence-electron chi connectivity index (χ4n) is 3.75. The molecule has 3 aromatic rings. The van der Waals surface area contributed by atoms with Gasteiger partial charge in [-0.1, -0.05) is 67.5 Å². The molecule has 3 rings (SSSR count). The number of phenols is 1. The van der Waals surface area contributed by atoms with E-state index in [1.165, 1.54) is 5.56 Å². The topological polar surface area (TPSA) is 67.5 Å². The fraction of sp³-hybridized carbons (Fsp3) is 0.483. The van der Waals surface area contributed by atoms with Crippen LogP contribution >= 0.6 is 0 Å². The zero-order valence-corrected chi connectivity index (χ0v) is 22.0. The minimum Gasteiger partial charge on any atom is -0.507 e. The predicted octanol–water partition coefficient (Wildman–Crippen LogP) is 6.76. The average molecular weight is 465 g/mol. The molecule has 0 atom stereocenters. The highest BCUT2D eigenvalue weighted by molar-refractivity contribution is 5.63. The molecule has 0 bridgehead atoms. The van der Waals surface area contributed by atoms with Gasteiger partial charge in [0, 0.05) is 35.7 Å². The number of hydrogen-bond donors (Lipinski definition) is 2. The van der Waals surface area contributed by atoms with Crippen LogP contribution in [0.25, 0.3) is 11.5 Å². The van der Waals surface area contributed by atoms with E-state index in [0.29, 0.717) is 30.7 Å². The van der Waals surface area contributed by atoms with Crippen molar-refractivity contribution in [3.63, 3.8) is 0 Å². The first kappa shape index (κ1) is 25.8. The zero-order valence-electron chi connectivity index (χ0n) is 22.0. The Morgan fingerprint density at radius 2 is 1.56 bits per heavy atom. The van der Waals surface area contributed by atoms with Crippen molar-refractivity contribution in [3.05, 3.63) is 65.0 Å². The molecule has 34 heavy (non-hydrogen) atoms. The summed E-state index contributed by atoms with van der Waals surface area (Å²) in [6, 6.07) is 12.6. The van der Waals surface area contributed by atoms with Crippen molar-refractivity contribution in [2.24, 2.45) is 0 Å². The summed E-state index contributed by atoms with van der Waals surface area (Å²) in [7, 11) is 0. The molecule has 0 saturated heterocycles. The maximum Gasteiger partial charge on any atom is 0.226 e. The first-order chi connectivity index (χ1) is 15.8. The summed E-state index contributed by atoms with van der Waals surface area (Å²) < 4.78 is 11.7. The number of nitrogens with zero attached hydrogens (tertiary/aromatic N) is 1. The SMILES string of the molecule is CC(C)NCc1ccc(OCCc2coc(-c3cc(C(C)(C)C)c(O)c(C(C)(C)C)c3)n2)cc1. The second-order valence-corrected chi connectivity index (χ2v) is 11.3. The number of phenolic OH excluding ortho intramolecular Hbond substituents is 1. The molecule has 5 heteroatoms. The first-order valence-corrected chi connectivity index (χ1v) is 12.1. The van der Waals surface area contributed by atoms with Crippen molar-refractivity contribution in [3.8, 4) is 23.0 Å². The molecule has 0 fully saturated rings. The Bertz CT molecular complexity index is 1050. The van der Waals surface area contributed by atoms with E-state index in [2.05, 4.69) is 72.8 Å². The Hall–Kier alpha value is -2.79. The number of ether oxygens (including phenoxy) is 1. The van der Waals surface area contributed by atoms with Crippen LogP contribution in [0.15, 0.2) is 47.1 Å². The Morgan fingerprint density at radius 1 is 0.971 bits per heavy atom. The van der Waals surface area contributed by atoms with Crippen molar-refractivity contribution < 1.29 is 14.3 Å². The van der Waals surface area contributed by atoms with Crippen molar-refractivity contribution in [2.45, 2.75) is 85.2 Å². The van der Waals surface area contributed by atoms with Gasteiger partial charge in [-0.15, -0.1) is 0 Å². The molecular weight excluding hydrogens is 424 g/mol. The molecule has 0 aliphatic rings. The summed E-state index contributed by atoms with van der Waals surface area (Å²) in [4.78, 5) is 4.71. The minimum absolute atomic E-state index is 0.205. The smallest absolute Gasteiger partial charge is 0.226 e. The predicted molar refractivity (Wildman–Crippen MR) is 139 cm³/mol. The highest BCUT2D eigenvalue weighted by Crippen LogP contribution is 2.41. The zero-order chi connectivity index (χ0) is 25.1. The largest absolute Gasteiger partial charge is 0.507 e. The quantitative estimate of drug-likeness (QED) is 0.385. The average Bonchev–Trinajstić information content (AvgIpc) is 3.20. The van der Waals surface area contributed by atoms with Gasteiger partial charge >= 0.3 is 0 Å². The molecule has 184 valence electrons. The third kappa shape index (κ3) is 6.63. The molecule has 2 N–H and O–H groups in total. The fourth-order valence-corrected chi connectivity index (χ4v) is 3.75. The monoisotopic (exact) mass is 464 g/mol. The van der Waals surface area contributed by atoms with Crippen molar-refractivity contribution in [1.29, 1.82) is 0 Å². The number of benzene rings is 2. The van der Waals surface area contributed by atoms with Crippen LogP contribution in [0, 0.1) is 0 Å². The van der Waals surface area contributed by atoms with Crippen LogP contribution in [-0.4, -0.2) is 22.7 Å². The highest BCUT2D eigenvalue weighted by atomic mass is 16.5. The molecule has 0 spiro atoms. The number of aromatic hydroxyl groups is 1. The van der Waals surface area contributed by atoms with Crippen LogP contribution in [-0.2, 0) is 23.8 Å². The molecular formula is C29H40N2O3. The highest BCUT2D eigenvalue weighted by Gasteiger charge is 2.27. The molecule has 0 saturated carbocycles. The van der Waals surface area contributed by atoms with E-state index in [1.807, 2.05) is 24.3 Å². The van der Waals surface area contributed by atoms with Crippen molar-refractivity contribution >= 4 is 0 Å². The van der Waals surface area contributed by atoms with Gasteiger partial charge in [0.25, 0.3) is 0 Å². The van der Waals surface area contributed by atoms with Gasteiger partial charge < -0.3 is 19.6 Å². The number of oxazole rings is 1. The Morgan fingerprint density at radius 3 is 2.09 bits per heavy atom. The van der Waals surface area contributed by atoms with Gasteiger partial charge in [-0.05, 0) is 40.7 Å². The lowest BCUT2D eigenvalue weighted by molar-refractivity contribution is 0.320. The molecule has 1 heterocycles. The lowest BCUT2D eigenvalue weighted by atomic mass is 9.78. The number of aromatic nitrogens is 1. The van der Waals surface area contributed by atoms with Crippen LogP contribution in [0.2, 0.25) is 0 Å². The van der Waals surface area contributed by atoms with Crippen LogP contribution in [0.5, 0.6) is 11.5 Å². The van der Waals surface area contributed by atoms with Crippen molar-refractivity contribution in [1.82, 2.24) is 10.3 Å². The van der Waals surface area contributed by atoms with Gasteiger partial charge in [0.1, 0.15) is 17.8 Å². The number of hydrogen-bond acceptors (Lipinski definition) is 5. The molecule has 5 nitrogen and oxygen atoms in total. The summed E-state index contributed by atoms with van der Waals surface area (Å²) in [6.07, 6.45) is 2.34. The van der Waals surface area contributed by atoms with Gasteiger partial charge in [-0.3, -0.25) is 0 Å². The van der Waals surface area contributed by atoms with E-state index < -0.39 is 0 Å². The molecule has 0 aliphatic heterocycles. The molecule has 2 aromatic carbocycles. The van der Waals surface area contributed by atoms with E-state index in [-0.39, 0.29) is 10.8 Å². The third-order valence-corrected chi connectivity index (χ3v) is 5.79. The van der Waals surface area contributed by atoms with Crippen LogP contribution in [0.3, 0.4) is 0 Å².